The van der Waals surface area contributed by atoms with Gasteiger partial charge in [0, 0.05) is 36.2 Å². The molecule has 4 rings (SSSR count). The monoisotopic (exact) mass is 349 g/mol. The number of aromatic nitrogens is 4. The highest BCUT2D eigenvalue weighted by atomic mass is 35.5. The summed E-state index contributed by atoms with van der Waals surface area (Å²) in [5.74, 6) is 1.05. The van der Waals surface area contributed by atoms with Gasteiger partial charge in [-0.3, -0.25) is 4.79 Å². The molecular formula is C15H16ClN5OS. The average molecular weight is 350 g/mol. The molecule has 1 aromatic carbocycles. The zero-order chi connectivity index (χ0) is 14.9. The van der Waals surface area contributed by atoms with Crippen LogP contribution in [0, 0.1) is 0 Å². The molecule has 2 aromatic heterocycles. The van der Waals surface area contributed by atoms with Gasteiger partial charge in [0.25, 0.3) is 0 Å². The lowest BCUT2D eigenvalue weighted by Gasteiger charge is -2.13. The number of para-hydroxylation sites is 1. The first-order valence-corrected chi connectivity index (χ1v) is 8.31. The number of hydrogen-bond donors (Lipinski definition) is 1. The van der Waals surface area contributed by atoms with Gasteiger partial charge < -0.3 is 9.88 Å². The molecule has 3 aromatic rings. The maximum Gasteiger partial charge on any atom is 0.222 e. The van der Waals surface area contributed by atoms with Crippen molar-refractivity contribution in [3.05, 3.63) is 24.3 Å². The molecule has 1 amide bonds. The minimum absolute atomic E-state index is 0. The van der Waals surface area contributed by atoms with E-state index in [2.05, 4.69) is 20.2 Å². The summed E-state index contributed by atoms with van der Waals surface area (Å²) >= 11 is 1.54. The third-order valence-electron chi connectivity index (χ3n) is 3.87. The Balaban J connectivity index is 0.00000156. The van der Waals surface area contributed by atoms with Crippen LogP contribution in [0.1, 0.15) is 12.8 Å². The normalized spacial score (nSPS) is 14.6. The predicted molar refractivity (Wildman–Crippen MR) is 93.0 cm³/mol. The molecule has 1 N–H and O–H groups in total. The minimum atomic E-state index is 0. The first-order valence-electron chi connectivity index (χ1n) is 7.33. The van der Waals surface area contributed by atoms with E-state index in [1.165, 1.54) is 11.8 Å². The lowest BCUT2D eigenvalue weighted by Crippen LogP contribution is -2.26. The maximum absolute atomic E-state index is 11.6. The second-order valence-corrected chi connectivity index (χ2v) is 6.36. The first-order chi connectivity index (χ1) is 10.8. The topological polar surface area (TPSA) is 74.8 Å². The van der Waals surface area contributed by atoms with Gasteiger partial charge in [0.2, 0.25) is 11.1 Å². The summed E-state index contributed by atoms with van der Waals surface area (Å²) in [4.78, 5) is 21.3. The SMILES string of the molecule is Cl.O=C1CCCN1CCSc1nnc2c(n1)[nH]c1ccccc12. The maximum atomic E-state index is 11.6. The molecule has 8 heteroatoms. The van der Waals surface area contributed by atoms with Crippen molar-refractivity contribution in [2.24, 2.45) is 0 Å². The highest BCUT2D eigenvalue weighted by molar-refractivity contribution is 7.99. The number of halogens is 1. The smallest absolute Gasteiger partial charge is 0.222 e. The van der Waals surface area contributed by atoms with E-state index in [1.54, 1.807) is 0 Å². The summed E-state index contributed by atoms with van der Waals surface area (Å²) in [6.07, 6.45) is 1.66. The molecule has 6 nitrogen and oxygen atoms in total. The number of thioether (sulfide) groups is 1. The molecule has 1 aliphatic heterocycles. The molecule has 23 heavy (non-hydrogen) atoms. The molecule has 3 heterocycles. The van der Waals surface area contributed by atoms with Crippen molar-refractivity contribution in [1.29, 1.82) is 0 Å². The molecule has 0 unspecified atom stereocenters. The van der Waals surface area contributed by atoms with E-state index in [1.807, 2.05) is 29.2 Å². The Hall–Kier alpha value is -1.86. The standard InChI is InChI=1S/C15H15N5OS.ClH/c21-12-6-3-7-20(12)8-9-22-15-17-14-13(18-19-15)10-4-1-2-5-11(10)16-14;/h1-2,4-5H,3,6-9H2,(H,16,17,19);1H. The van der Waals surface area contributed by atoms with Crippen LogP contribution < -0.4 is 0 Å². The van der Waals surface area contributed by atoms with Crippen LogP contribution in [0.25, 0.3) is 22.1 Å². The van der Waals surface area contributed by atoms with Crippen molar-refractivity contribution in [2.75, 3.05) is 18.8 Å². The third kappa shape index (κ3) is 3.11. The number of fused-ring (bicyclic) bond motifs is 3. The molecule has 0 aliphatic carbocycles. The van der Waals surface area contributed by atoms with E-state index in [9.17, 15) is 4.79 Å². The Morgan fingerprint density at radius 1 is 1.26 bits per heavy atom. The molecule has 0 atom stereocenters. The van der Waals surface area contributed by atoms with E-state index in [0.29, 0.717) is 11.6 Å². The van der Waals surface area contributed by atoms with Crippen LogP contribution in [0.5, 0.6) is 0 Å². The van der Waals surface area contributed by atoms with Crippen molar-refractivity contribution in [3.8, 4) is 0 Å². The van der Waals surface area contributed by atoms with Crippen LogP contribution in [0.2, 0.25) is 0 Å². The Kier molecular flexibility index (Phi) is 4.68. The molecular weight excluding hydrogens is 334 g/mol. The summed E-state index contributed by atoms with van der Waals surface area (Å²) in [6, 6.07) is 7.97. The summed E-state index contributed by atoms with van der Waals surface area (Å²) in [6.45, 7) is 1.62. The van der Waals surface area contributed by atoms with Crippen LogP contribution in [-0.4, -0.2) is 49.8 Å². The van der Waals surface area contributed by atoms with Crippen molar-refractivity contribution < 1.29 is 4.79 Å². The number of aromatic amines is 1. The van der Waals surface area contributed by atoms with Crippen LogP contribution in [0.4, 0.5) is 0 Å². The summed E-state index contributed by atoms with van der Waals surface area (Å²) < 4.78 is 0. The van der Waals surface area contributed by atoms with Gasteiger partial charge in [-0.15, -0.1) is 22.6 Å². The Morgan fingerprint density at radius 3 is 2.96 bits per heavy atom. The van der Waals surface area contributed by atoms with Crippen LogP contribution in [0.15, 0.2) is 29.4 Å². The number of H-pyrrole nitrogens is 1. The van der Waals surface area contributed by atoms with Crippen molar-refractivity contribution >= 4 is 52.1 Å². The minimum Gasteiger partial charge on any atom is -0.342 e. The molecule has 0 bridgehead atoms. The molecule has 120 valence electrons. The second-order valence-electron chi connectivity index (χ2n) is 5.29. The predicted octanol–water partition coefficient (Wildman–Crippen LogP) is 2.64. The number of nitrogens with one attached hydrogen (secondary N) is 1. The number of rotatable bonds is 4. The number of likely N-dealkylation sites (tertiary alicyclic amines) is 1. The highest BCUT2D eigenvalue weighted by Gasteiger charge is 2.19. The molecule has 1 fully saturated rings. The first kappa shape index (κ1) is 16.0. The van der Waals surface area contributed by atoms with Crippen LogP contribution in [-0.2, 0) is 4.79 Å². The van der Waals surface area contributed by atoms with Gasteiger partial charge in [-0.25, -0.2) is 4.98 Å². The Bertz CT molecular complexity index is 852. The zero-order valence-corrected chi connectivity index (χ0v) is 14.0. The number of amides is 1. The van der Waals surface area contributed by atoms with Gasteiger partial charge in [-0.1, -0.05) is 30.0 Å². The van der Waals surface area contributed by atoms with Gasteiger partial charge in [-0.05, 0) is 12.5 Å². The van der Waals surface area contributed by atoms with E-state index in [-0.39, 0.29) is 18.3 Å². The Morgan fingerprint density at radius 2 is 2.13 bits per heavy atom. The highest BCUT2D eigenvalue weighted by Crippen LogP contribution is 2.23. The largest absolute Gasteiger partial charge is 0.342 e. The second kappa shape index (κ2) is 6.72. The van der Waals surface area contributed by atoms with E-state index < -0.39 is 0 Å². The fraction of sp³-hybridized carbons (Fsp3) is 0.333. The summed E-state index contributed by atoms with van der Waals surface area (Å²) in [7, 11) is 0. The van der Waals surface area contributed by atoms with Crippen LogP contribution in [0.3, 0.4) is 0 Å². The molecule has 1 saturated heterocycles. The van der Waals surface area contributed by atoms with Gasteiger partial charge in [0.05, 0.1) is 0 Å². The molecule has 0 saturated carbocycles. The fourth-order valence-electron chi connectivity index (χ4n) is 2.75. The summed E-state index contributed by atoms with van der Waals surface area (Å²) in [5.41, 5.74) is 2.58. The van der Waals surface area contributed by atoms with Crippen molar-refractivity contribution in [1.82, 2.24) is 25.1 Å². The molecule has 0 radical (unpaired) electrons. The third-order valence-corrected chi connectivity index (χ3v) is 4.68. The Labute approximate surface area is 143 Å². The summed E-state index contributed by atoms with van der Waals surface area (Å²) in [5, 5.41) is 10.2. The van der Waals surface area contributed by atoms with E-state index in [0.717, 1.165) is 47.3 Å². The van der Waals surface area contributed by atoms with Crippen molar-refractivity contribution in [3.63, 3.8) is 0 Å². The number of nitrogens with zero attached hydrogens (tertiary/aromatic N) is 4. The molecule has 1 aliphatic rings. The van der Waals surface area contributed by atoms with Gasteiger partial charge in [0.15, 0.2) is 5.65 Å². The zero-order valence-electron chi connectivity index (χ0n) is 12.4. The number of carbonyl (C=O) groups is 1. The average Bonchev–Trinajstić information content (AvgIpc) is 3.10. The quantitative estimate of drug-likeness (QED) is 0.733. The van der Waals surface area contributed by atoms with E-state index >= 15 is 0 Å². The van der Waals surface area contributed by atoms with Crippen LogP contribution >= 0.6 is 24.2 Å². The number of benzene rings is 1. The lowest BCUT2D eigenvalue weighted by molar-refractivity contribution is -0.127. The molecule has 0 spiro atoms. The van der Waals surface area contributed by atoms with E-state index in [4.69, 9.17) is 0 Å². The van der Waals surface area contributed by atoms with Crippen molar-refractivity contribution in [2.45, 2.75) is 18.0 Å². The van der Waals surface area contributed by atoms with Gasteiger partial charge in [0.1, 0.15) is 5.52 Å². The number of carbonyl (C=O) groups excluding carboxylic acids is 1. The van der Waals surface area contributed by atoms with Gasteiger partial charge in [-0.2, -0.15) is 0 Å². The number of hydrogen-bond acceptors (Lipinski definition) is 5. The van der Waals surface area contributed by atoms with Gasteiger partial charge >= 0.3 is 0 Å². The lowest BCUT2D eigenvalue weighted by atomic mass is 10.2. The fourth-order valence-corrected chi connectivity index (χ4v) is 3.50.